The van der Waals surface area contributed by atoms with E-state index in [0.29, 0.717) is 0 Å². The van der Waals surface area contributed by atoms with Crippen LogP contribution in [0.3, 0.4) is 0 Å². The minimum absolute atomic E-state index is 0.0493. The molecule has 0 spiro atoms. The molecule has 0 aliphatic heterocycles. The van der Waals surface area contributed by atoms with Crippen molar-refractivity contribution in [3.05, 3.63) is 30.1 Å². The van der Waals surface area contributed by atoms with Gasteiger partial charge < -0.3 is 9.67 Å². The van der Waals surface area contributed by atoms with E-state index >= 15 is 0 Å². The first-order valence-electron chi connectivity index (χ1n) is 7.32. The molecule has 4 nitrogen and oxygen atoms in total. The van der Waals surface area contributed by atoms with Gasteiger partial charge in [-0.2, -0.15) is 5.26 Å². The van der Waals surface area contributed by atoms with Crippen LogP contribution < -0.4 is 0 Å². The largest absolute Gasteiger partial charge is 0.391 e. The number of hydrogen-bond acceptors (Lipinski definition) is 3. The SMILES string of the molecule is N#CCc1nc2ccccc2n1C1CCCCCC1O. The smallest absolute Gasteiger partial charge is 0.124 e. The van der Waals surface area contributed by atoms with Crippen LogP contribution in [0.4, 0.5) is 0 Å². The number of nitriles is 1. The maximum absolute atomic E-state index is 10.4. The van der Waals surface area contributed by atoms with E-state index in [0.717, 1.165) is 42.5 Å². The Bertz CT molecular complexity index is 641. The van der Waals surface area contributed by atoms with Crippen LogP contribution in [0.1, 0.15) is 44.0 Å². The highest BCUT2D eigenvalue weighted by Gasteiger charge is 2.26. The lowest BCUT2D eigenvalue weighted by Crippen LogP contribution is -2.24. The highest BCUT2D eigenvalue weighted by molar-refractivity contribution is 5.76. The molecule has 4 heteroatoms. The van der Waals surface area contributed by atoms with Crippen LogP contribution in [0.25, 0.3) is 11.0 Å². The van der Waals surface area contributed by atoms with E-state index in [1.54, 1.807) is 0 Å². The molecule has 0 bridgehead atoms. The molecule has 0 amide bonds. The molecule has 2 atom stereocenters. The van der Waals surface area contributed by atoms with Gasteiger partial charge in [0.05, 0.1) is 35.7 Å². The summed E-state index contributed by atoms with van der Waals surface area (Å²) < 4.78 is 2.11. The lowest BCUT2D eigenvalue weighted by Gasteiger charge is -2.24. The summed E-state index contributed by atoms with van der Waals surface area (Å²) in [7, 11) is 0. The fraction of sp³-hybridized carbons (Fsp3) is 0.500. The summed E-state index contributed by atoms with van der Waals surface area (Å²) >= 11 is 0. The van der Waals surface area contributed by atoms with Gasteiger partial charge in [0, 0.05) is 0 Å². The number of nitrogens with zero attached hydrogens (tertiary/aromatic N) is 3. The van der Waals surface area contributed by atoms with E-state index < -0.39 is 0 Å². The third kappa shape index (κ3) is 2.30. The molecule has 1 fully saturated rings. The van der Waals surface area contributed by atoms with Crippen molar-refractivity contribution in [3.8, 4) is 6.07 Å². The molecule has 0 radical (unpaired) electrons. The van der Waals surface area contributed by atoms with Crippen LogP contribution in [-0.4, -0.2) is 20.8 Å². The maximum atomic E-state index is 10.4. The van der Waals surface area contributed by atoms with E-state index in [2.05, 4.69) is 15.6 Å². The molecular weight excluding hydrogens is 250 g/mol. The predicted molar refractivity (Wildman–Crippen MR) is 77.2 cm³/mol. The Hall–Kier alpha value is -1.86. The number of hydrogen-bond donors (Lipinski definition) is 1. The lowest BCUT2D eigenvalue weighted by atomic mass is 10.1. The van der Waals surface area contributed by atoms with Crippen LogP contribution in [0.15, 0.2) is 24.3 Å². The highest BCUT2D eigenvalue weighted by atomic mass is 16.3. The van der Waals surface area contributed by atoms with Crippen molar-refractivity contribution in [2.45, 2.75) is 50.7 Å². The van der Waals surface area contributed by atoms with Crippen molar-refractivity contribution in [1.29, 1.82) is 5.26 Å². The molecule has 1 aliphatic carbocycles. The molecule has 1 aromatic heterocycles. The third-order valence-electron chi connectivity index (χ3n) is 4.18. The molecule has 1 aliphatic rings. The first kappa shape index (κ1) is 13.1. The normalized spacial score (nSPS) is 23.4. The van der Waals surface area contributed by atoms with Crippen molar-refractivity contribution in [1.82, 2.24) is 9.55 Å². The van der Waals surface area contributed by atoms with Crippen LogP contribution >= 0.6 is 0 Å². The Kier molecular flexibility index (Phi) is 3.70. The summed E-state index contributed by atoms with van der Waals surface area (Å²) in [4.78, 5) is 4.57. The monoisotopic (exact) mass is 269 g/mol. The van der Waals surface area contributed by atoms with Gasteiger partial charge >= 0.3 is 0 Å². The van der Waals surface area contributed by atoms with Crippen molar-refractivity contribution in [3.63, 3.8) is 0 Å². The van der Waals surface area contributed by atoms with E-state index in [1.165, 1.54) is 6.42 Å². The molecule has 1 saturated carbocycles. The van der Waals surface area contributed by atoms with Gasteiger partial charge in [-0.05, 0) is 25.0 Å². The minimum atomic E-state index is -0.340. The van der Waals surface area contributed by atoms with Gasteiger partial charge in [0.2, 0.25) is 0 Å². The van der Waals surface area contributed by atoms with Gasteiger partial charge in [0.1, 0.15) is 5.82 Å². The van der Waals surface area contributed by atoms with Crippen LogP contribution in [0.5, 0.6) is 0 Å². The van der Waals surface area contributed by atoms with Gasteiger partial charge in [-0.3, -0.25) is 0 Å². The Morgan fingerprint density at radius 3 is 2.90 bits per heavy atom. The van der Waals surface area contributed by atoms with E-state index in [1.807, 2.05) is 24.3 Å². The topological polar surface area (TPSA) is 61.8 Å². The molecule has 2 unspecified atom stereocenters. The van der Waals surface area contributed by atoms with Gasteiger partial charge in [-0.1, -0.05) is 31.4 Å². The summed E-state index contributed by atoms with van der Waals surface area (Å²) in [6.07, 6.45) is 5.12. The van der Waals surface area contributed by atoms with Crippen LogP contribution in [-0.2, 0) is 6.42 Å². The van der Waals surface area contributed by atoms with Gasteiger partial charge in [0.25, 0.3) is 0 Å². The second kappa shape index (κ2) is 5.64. The first-order chi connectivity index (χ1) is 9.81. The van der Waals surface area contributed by atoms with Crippen molar-refractivity contribution in [2.24, 2.45) is 0 Å². The Labute approximate surface area is 118 Å². The molecule has 1 aromatic carbocycles. The van der Waals surface area contributed by atoms with E-state index in [-0.39, 0.29) is 18.6 Å². The average molecular weight is 269 g/mol. The molecule has 3 rings (SSSR count). The Morgan fingerprint density at radius 2 is 2.05 bits per heavy atom. The number of aliphatic hydroxyl groups is 1. The first-order valence-corrected chi connectivity index (χ1v) is 7.32. The fourth-order valence-corrected chi connectivity index (χ4v) is 3.23. The number of aromatic nitrogens is 2. The zero-order chi connectivity index (χ0) is 13.9. The summed E-state index contributed by atoms with van der Waals surface area (Å²) in [5.74, 6) is 0.777. The predicted octanol–water partition coefficient (Wildman–Crippen LogP) is 2.97. The molecule has 1 N–H and O–H groups in total. The lowest BCUT2D eigenvalue weighted by molar-refractivity contribution is 0.106. The van der Waals surface area contributed by atoms with Crippen molar-refractivity contribution in [2.75, 3.05) is 0 Å². The molecular formula is C16H19N3O. The van der Waals surface area contributed by atoms with E-state index in [4.69, 9.17) is 5.26 Å². The van der Waals surface area contributed by atoms with Gasteiger partial charge in [0.15, 0.2) is 0 Å². The zero-order valence-electron chi connectivity index (χ0n) is 11.5. The number of imidazole rings is 1. The van der Waals surface area contributed by atoms with Crippen molar-refractivity contribution < 1.29 is 5.11 Å². The van der Waals surface area contributed by atoms with Crippen molar-refractivity contribution >= 4 is 11.0 Å². The summed E-state index contributed by atoms with van der Waals surface area (Å²) in [6.45, 7) is 0. The third-order valence-corrected chi connectivity index (χ3v) is 4.18. The minimum Gasteiger partial charge on any atom is -0.391 e. The number of rotatable bonds is 2. The second-order valence-corrected chi connectivity index (χ2v) is 5.49. The fourth-order valence-electron chi connectivity index (χ4n) is 3.23. The number of benzene rings is 1. The Balaban J connectivity index is 2.12. The van der Waals surface area contributed by atoms with Gasteiger partial charge in [-0.25, -0.2) is 4.98 Å². The molecule has 2 aromatic rings. The maximum Gasteiger partial charge on any atom is 0.124 e. The van der Waals surface area contributed by atoms with E-state index in [9.17, 15) is 5.11 Å². The zero-order valence-corrected chi connectivity index (χ0v) is 11.5. The number of fused-ring (bicyclic) bond motifs is 1. The standard InChI is InChI=1S/C16H19N3O/c17-11-10-16-18-12-6-4-5-7-13(12)19(16)14-8-2-1-3-9-15(14)20/h4-7,14-15,20H,1-3,8-10H2. The number of para-hydroxylation sites is 2. The second-order valence-electron chi connectivity index (χ2n) is 5.49. The quantitative estimate of drug-likeness (QED) is 0.852. The molecule has 20 heavy (non-hydrogen) atoms. The molecule has 0 saturated heterocycles. The highest BCUT2D eigenvalue weighted by Crippen LogP contribution is 2.32. The summed E-state index contributed by atoms with van der Waals surface area (Å²) in [5.41, 5.74) is 1.94. The molecule has 104 valence electrons. The van der Waals surface area contributed by atoms with Crippen LogP contribution in [0.2, 0.25) is 0 Å². The van der Waals surface area contributed by atoms with Crippen LogP contribution in [0, 0.1) is 11.3 Å². The number of aliphatic hydroxyl groups excluding tert-OH is 1. The van der Waals surface area contributed by atoms with Gasteiger partial charge in [-0.15, -0.1) is 0 Å². The molecule has 1 heterocycles. The average Bonchev–Trinajstić information content (AvgIpc) is 2.67. The summed E-state index contributed by atoms with van der Waals surface area (Å²) in [5, 5.41) is 19.5. The summed E-state index contributed by atoms with van der Waals surface area (Å²) in [6, 6.07) is 10.2. The Morgan fingerprint density at radius 1 is 1.25 bits per heavy atom.